The van der Waals surface area contributed by atoms with E-state index in [2.05, 4.69) is 34.7 Å². The Hall–Kier alpha value is -1.61. The van der Waals surface area contributed by atoms with Crippen molar-refractivity contribution in [2.45, 2.75) is 25.4 Å². The average molecular weight is 214 g/mol. The van der Waals surface area contributed by atoms with Crippen LogP contribution in [-0.4, -0.2) is 11.2 Å². The lowest BCUT2D eigenvalue weighted by atomic mass is 10.1. The maximum atomic E-state index is 4.80. The summed E-state index contributed by atoms with van der Waals surface area (Å²) in [5.74, 6) is 0. The summed E-state index contributed by atoms with van der Waals surface area (Å²) in [4.78, 5) is 0. The van der Waals surface area contributed by atoms with Crippen molar-refractivity contribution in [1.29, 1.82) is 0 Å². The highest BCUT2D eigenvalue weighted by molar-refractivity contribution is 5.33. The summed E-state index contributed by atoms with van der Waals surface area (Å²) in [6.07, 6.45) is 3.85. The van der Waals surface area contributed by atoms with E-state index in [0.717, 1.165) is 25.1 Å². The summed E-state index contributed by atoms with van der Waals surface area (Å²) in [5.41, 5.74) is 3.91. The zero-order chi connectivity index (χ0) is 10.8. The second-order valence-corrected chi connectivity index (χ2v) is 4.25. The van der Waals surface area contributed by atoms with Gasteiger partial charge in [-0.2, -0.15) is 0 Å². The molecule has 3 heteroatoms. The second kappa shape index (κ2) is 4.10. The van der Waals surface area contributed by atoms with E-state index in [1.807, 2.05) is 6.07 Å². The average Bonchev–Trinajstić information content (AvgIpc) is 2.95. The summed E-state index contributed by atoms with van der Waals surface area (Å²) in [6, 6.07) is 11.1. The summed E-state index contributed by atoms with van der Waals surface area (Å²) in [6.45, 7) is 0.787. The number of fused-ring (bicyclic) bond motifs is 1. The molecule has 0 fully saturated rings. The quantitative estimate of drug-likeness (QED) is 0.848. The van der Waals surface area contributed by atoms with Gasteiger partial charge in [0.25, 0.3) is 0 Å². The van der Waals surface area contributed by atoms with Crippen molar-refractivity contribution in [3.8, 4) is 0 Å². The van der Waals surface area contributed by atoms with Crippen LogP contribution in [0.4, 0.5) is 0 Å². The Morgan fingerprint density at radius 3 is 2.56 bits per heavy atom. The predicted molar refractivity (Wildman–Crippen MR) is 61.0 cm³/mol. The van der Waals surface area contributed by atoms with E-state index in [1.165, 1.54) is 11.1 Å². The molecule has 82 valence electrons. The van der Waals surface area contributed by atoms with Gasteiger partial charge in [-0.1, -0.05) is 29.4 Å². The summed E-state index contributed by atoms with van der Waals surface area (Å²) >= 11 is 0. The number of rotatable bonds is 3. The summed E-state index contributed by atoms with van der Waals surface area (Å²) in [7, 11) is 0. The molecule has 0 saturated carbocycles. The fourth-order valence-corrected chi connectivity index (χ4v) is 2.28. The van der Waals surface area contributed by atoms with Crippen LogP contribution in [0.1, 0.15) is 16.8 Å². The van der Waals surface area contributed by atoms with Gasteiger partial charge in [0.1, 0.15) is 6.26 Å². The first-order valence-corrected chi connectivity index (χ1v) is 5.61. The van der Waals surface area contributed by atoms with Crippen molar-refractivity contribution < 1.29 is 4.52 Å². The van der Waals surface area contributed by atoms with Gasteiger partial charge in [-0.05, 0) is 24.0 Å². The molecule has 0 bridgehead atoms. The standard InChI is InChI=1S/C13H14N2O/c1-2-4-11-8-13(7-10(11)3-1)14-9-12-5-6-16-15-12/h1-6,13-14H,7-9H2. The molecule has 0 spiro atoms. The molecule has 0 aliphatic heterocycles. The molecular weight excluding hydrogens is 200 g/mol. The molecule has 0 amide bonds. The van der Waals surface area contributed by atoms with Gasteiger partial charge in [-0.3, -0.25) is 0 Å². The lowest BCUT2D eigenvalue weighted by Crippen LogP contribution is -2.29. The first-order chi connectivity index (χ1) is 7.92. The highest BCUT2D eigenvalue weighted by Crippen LogP contribution is 2.21. The number of nitrogens with one attached hydrogen (secondary N) is 1. The van der Waals surface area contributed by atoms with Crippen LogP contribution in [0.15, 0.2) is 41.1 Å². The molecule has 1 N–H and O–H groups in total. The number of hydrogen-bond donors (Lipinski definition) is 1. The van der Waals surface area contributed by atoms with Crippen LogP contribution in [0.5, 0.6) is 0 Å². The molecule has 1 heterocycles. The molecule has 2 aromatic rings. The summed E-state index contributed by atoms with van der Waals surface area (Å²) in [5, 5.41) is 7.40. The topological polar surface area (TPSA) is 38.1 Å². The van der Waals surface area contributed by atoms with Gasteiger partial charge >= 0.3 is 0 Å². The smallest absolute Gasteiger partial charge is 0.124 e. The van der Waals surface area contributed by atoms with Gasteiger partial charge in [-0.25, -0.2) is 0 Å². The first kappa shape index (κ1) is 9.60. The molecule has 0 atom stereocenters. The van der Waals surface area contributed by atoms with Gasteiger partial charge in [-0.15, -0.1) is 0 Å². The van der Waals surface area contributed by atoms with Gasteiger partial charge < -0.3 is 9.84 Å². The van der Waals surface area contributed by atoms with E-state index in [9.17, 15) is 0 Å². The fourth-order valence-electron chi connectivity index (χ4n) is 2.28. The summed E-state index contributed by atoms with van der Waals surface area (Å²) < 4.78 is 4.80. The van der Waals surface area contributed by atoms with E-state index in [-0.39, 0.29) is 0 Å². The van der Waals surface area contributed by atoms with Gasteiger partial charge in [0.15, 0.2) is 0 Å². The number of benzene rings is 1. The SMILES string of the molecule is c1ccc2c(c1)CC(NCc1ccon1)C2. The Balaban J connectivity index is 1.60. The lowest BCUT2D eigenvalue weighted by molar-refractivity contribution is 0.404. The Labute approximate surface area is 94.5 Å². The van der Waals surface area contributed by atoms with Gasteiger partial charge in [0.05, 0.1) is 5.69 Å². The van der Waals surface area contributed by atoms with Crippen molar-refractivity contribution in [3.05, 3.63) is 53.4 Å². The highest BCUT2D eigenvalue weighted by Gasteiger charge is 2.20. The van der Waals surface area contributed by atoms with E-state index in [4.69, 9.17) is 4.52 Å². The largest absolute Gasteiger partial charge is 0.364 e. The monoisotopic (exact) mass is 214 g/mol. The minimum atomic E-state index is 0.536. The van der Waals surface area contributed by atoms with E-state index < -0.39 is 0 Å². The van der Waals surface area contributed by atoms with Crippen molar-refractivity contribution >= 4 is 0 Å². The van der Waals surface area contributed by atoms with Crippen LogP contribution < -0.4 is 5.32 Å². The maximum absolute atomic E-state index is 4.80. The van der Waals surface area contributed by atoms with E-state index in [1.54, 1.807) is 6.26 Å². The molecule has 1 aromatic heterocycles. The Morgan fingerprint density at radius 1 is 1.19 bits per heavy atom. The predicted octanol–water partition coefficient (Wildman–Crippen LogP) is 1.93. The molecule has 1 aliphatic rings. The molecule has 0 radical (unpaired) electrons. The van der Waals surface area contributed by atoms with Crippen LogP contribution in [0.25, 0.3) is 0 Å². The van der Waals surface area contributed by atoms with Crippen molar-refractivity contribution in [3.63, 3.8) is 0 Å². The Bertz CT molecular complexity index is 440. The molecule has 16 heavy (non-hydrogen) atoms. The van der Waals surface area contributed by atoms with Crippen molar-refractivity contribution in [1.82, 2.24) is 10.5 Å². The molecule has 3 nitrogen and oxygen atoms in total. The van der Waals surface area contributed by atoms with Gasteiger partial charge in [0.2, 0.25) is 0 Å². The molecule has 0 saturated heterocycles. The molecule has 0 unspecified atom stereocenters. The number of nitrogens with zero attached hydrogens (tertiary/aromatic N) is 1. The zero-order valence-electron chi connectivity index (χ0n) is 9.02. The minimum absolute atomic E-state index is 0.536. The molecule has 1 aromatic carbocycles. The van der Waals surface area contributed by atoms with Crippen LogP contribution in [-0.2, 0) is 19.4 Å². The molecule has 1 aliphatic carbocycles. The van der Waals surface area contributed by atoms with E-state index in [0.29, 0.717) is 6.04 Å². The third-order valence-electron chi connectivity index (χ3n) is 3.11. The second-order valence-electron chi connectivity index (χ2n) is 4.25. The maximum Gasteiger partial charge on any atom is 0.124 e. The van der Waals surface area contributed by atoms with Crippen molar-refractivity contribution in [2.75, 3.05) is 0 Å². The van der Waals surface area contributed by atoms with Crippen LogP contribution in [0.2, 0.25) is 0 Å². The number of aromatic nitrogens is 1. The fraction of sp³-hybridized carbons (Fsp3) is 0.308. The van der Waals surface area contributed by atoms with Crippen LogP contribution >= 0.6 is 0 Å². The van der Waals surface area contributed by atoms with E-state index >= 15 is 0 Å². The lowest BCUT2D eigenvalue weighted by Gasteiger charge is -2.09. The van der Waals surface area contributed by atoms with Crippen LogP contribution in [0, 0.1) is 0 Å². The molecule has 3 rings (SSSR count). The molecular formula is C13H14N2O. The third-order valence-corrected chi connectivity index (χ3v) is 3.11. The zero-order valence-corrected chi connectivity index (χ0v) is 9.02. The normalized spacial score (nSPS) is 15.2. The third kappa shape index (κ3) is 1.86. The highest BCUT2D eigenvalue weighted by atomic mass is 16.5. The minimum Gasteiger partial charge on any atom is -0.364 e. The number of hydrogen-bond acceptors (Lipinski definition) is 3. The Morgan fingerprint density at radius 2 is 1.94 bits per heavy atom. The Kier molecular flexibility index (Phi) is 2.46. The first-order valence-electron chi connectivity index (χ1n) is 5.61. The van der Waals surface area contributed by atoms with Crippen LogP contribution in [0.3, 0.4) is 0 Å². The van der Waals surface area contributed by atoms with Gasteiger partial charge in [0, 0.05) is 18.7 Å². The van der Waals surface area contributed by atoms with Crippen molar-refractivity contribution in [2.24, 2.45) is 0 Å².